The van der Waals surface area contributed by atoms with Crippen molar-refractivity contribution in [1.29, 1.82) is 0 Å². The zero-order valence-electron chi connectivity index (χ0n) is 4.52. The molecule has 1 saturated heterocycles. The molecule has 1 aliphatic rings. The van der Waals surface area contributed by atoms with Crippen LogP contribution in [0, 0.1) is 0 Å². The van der Waals surface area contributed by atoms with E-state index in [2.05, 4.69) is 34.5 Å². The topological polar surface area (TPSA) is 3.24 Å². The van der Waals surface area contributed by atoms with Crippen LogP contribution in [-0.2, 0) is 0 Å². The zero-order chi connectivity index (χ0) is 5.28. The van der Waals surface area contributed by atoms with Crippen molar-refractivity contribution in [3.8, 4) is 0 Å². The lowest BCUT2D eigenvalue weighted by Gasteiger charge is -2.02. The van der Waals surface area contributed by atoms with Crippen LogP contribution in [0.15, 0.2) is 0 Å². The van der Waals surface area contributed by atoms with Crippen molar-refractivity contribution in [2.24, 2.45) is 0 Å². The molecular weight excluding hydrogens is 201 g/mol. The SMILES string of the molecule is CN1CC[C@@H](I)C1. The van der Waals surface area contributed by atoms with Crippen molar-refractivity contribution in [2.75, 3.05) is 20.1 Å². The minimum Gasteiger partial charge on any atom is -0.305 e. The Kier molecular flexibility index (Phi) is 1.92. The fourth-order valence-electron chi connectivity index (χ4n) is 0.881. The highest BCUT2D eigenvalue weighted by Crippen LogP contribution is 2.14. The summed E-state index contributed by atoms with van der Waals surface area (Å²) in [4.78, 5) is 2.37. The van der Waals surface area contributed by atoms with Crippen LogP contribution >= 0.6 is 22.6 Å². The van der Waals surface area contributed by atoms with Gasteiger partial charge in [0.2, 0.25) is 0 Å². The first-order chi connectivity index (χ1) is 3.29. The highest BCUT2D eigenvalue weighted by molar-refractivity contribution is 14.1. The second kappa shape index (κ2) is 2.31. The number of likely N-dealkylation sites (tertiary alicyclic amines) is 1. The second-order valence-electron chi connectivity index (χ2n) is 2.15. The quantitative estimate of drug-likeness (QED) is 0.428. The van der Waals surface area contributed by atoms with Crippen molar-refractivity contribution in [1.82, 2.24) is 4.90 Å². The standard InChI is InChI=1S/C5H10IN/c1-7-3-2-5(6)4-7/h5H,2-4H2,1H3/t5-/m1/s1. The Morgan fingerprint density at radius 1 is 1.71 bits per heavy atom. The molecule has 0 bridgehead atoms. The highest BCUT2D eigenvalue weighted by Gasteiger charge is 2.14. The van der Waals surface area contributed by atoms with Crippen molar-refractivity contribution >= 4 is 22.6 Å². The fraction of sp³-hybridized carbons (Fsp3) is 1.00. The summed E-state index contributed by atoms with van der Waals surface area (Å²) in [6.45, 7) is 2.59. The minimum atomic E-state index is 0.919. The minimum absolute atomic E-state index is 0.919. The zero-order valence-corrected chi connectivity index (χ0v) is 6.68. The van der Waals surface area contributed by atoms with Gasteiger partial charge in [0.05, 0.1) is 0 Å². The van der Waals surface area contributed by atoms with Crippen LogP contribution in [0.1, 0.15) is 6.42 Å². The van der Waals surface area contributed by atoms with Crippen molar-refractivity contribution in [3.05, 3.63) is 0 Å². The average molecular weight is 211 g/mol. The van der Waals surface area contributed by atoms with E-state index in [0.29, 0.717) is 0 Å². The molecule has 1 atom stereocenters. The Labute approximate surface area is 58.2 Å². The molecule has 0 aromatic rings. The first-order valence-electron chi connectivity index (χ1n) is 2.61. The summed E-state index contributed by atoms with van der Waals surface area (Å²) in [6.07, 6.45) is 1.39. The highest BCUT2D eigenvalue weighted by atomic mass is 127. The lowest BCUT2D eigenvalue weighted by Crippen LogP contribution is -2.13. The molecule has 0 spiro atoms. The average Bonchev–Trinajstić information content (AvgIpc) is 1.87. The Morgan fingerprint density at radius 3 is 2.57 bits per heavy atom. The molecule has 0 unspecified atom stereocenters. The number of hydrogen-bond donors (Lipinski definition) is 0. The summed E-state index contributed by atoms with van der Waals surface area (Å²) in [5.74, 6) is 0. The summed E-state index contributed by atoms with van der Waals surface area (Å²) in [5.41, 5.74) is 0. The van der Waals surface area contributed by atoms with Crippen LogP contribution in [0.25, 0.3) is 0 Å². The van der Waals surface area contributed by atoms with E-state index < -0.39 is 0 Å². The Balaban J connectivity index is 2.26. The summed E-state index contributed by atoms with van der Waals surface area (Å²) < 4.78 is 0.919. The van der Waals surface area contributed by atoms with Gasteiger partial charge in [-0.25, -0.2) is 0 Å². The fourth-order valence-corrected chi connectivity index (χ4v) is 1.83. The van der Waals surface area contributed by atoms with E-state index in [1.165, 1.54) is 19.5 Å². The van der Waals surface area contributed by atoms with Crippen LogP contribution in [0.2, 0.25) is 0 Å². The van der Waals surface area contributed by atoms with Crippen LogP contribution in [0.5, 0.6) is 0 Å². The first kappa shape index (κ1) is 5.82. The summed E-state index contributed by atoms with van der Waals surface area (Å²) >= 11 is 2.51. The third-order valence-corrected chi connectivity index (χ3v) is 2.35. The van der Waals surface area contributed by atoms with Gasteiger partial charge in [0.1, 0.15) is 0 Å². The van der Waals surface area contributed by atoms with Gasteiger partial charge in [-0.1, -0.05) is 22.6 Å². The van der Waals surface area contributed by atoms with Gasteiger partial charge >= 0.3 is 0 Å². The van der Waals surface area contributed by atoms with Gasteiger partial charge in [-0.15, -0.1) is 0 Å². The molecular formula is C5H10IN. The van der Waals surface area contributed by atoms with Crippen LogP contribution in [-0.4, -0.2) is 29.0 Å². The van der Waals surface area contributed by atoms with E-state index in [9.17, 15) is 0 Å². The first-order valence-corrected chi connectivity index (χ1v) is 3.86. The normalized spacial score (nSPS) is 34.3. The summed E-state index contributed by atoms with van der Waals surface area (Å²) in [6, 6.07) is 0. The van der Waals surface area contributed by atoms with Gasteiger partial charge in [-0.2, -0.15) is 0 Å². The molecule has 42 valence electrons. The van der Waals surface area contributed by atoms with Crippen molar-refractivity contribution in [3.63, 3.8) is 0 Å². The number of nitrogens with zero attached hydrogens (tertiary/aromatic N) is 1. The molecule has 7 heavy (non-hydrogen) atoms. The molecule has 1 aliphatic heterocycles. The largest absolute Gasteiger partial charge is 0.305 e. The van der Waals surface area contributed by atoms with Gasteiger partial charge in [0, 0.05) is 10.5 Å². The molecule has 1 heterocycles. The van der Waals surface area contributed by atoms with E-state index >= 15 is 0 Å². The summed E-state index contributed by atoms with van der Waals surface area (Å²) in [7, 11) is 2.18. The molecule has 2 heteroatoms. The number of alkyl halides is 1. The van der Waals surface area contributed by atoms with Crippen LogP contribution in [0.3, 0.4) is 0 Å². The predicted molar refractivity (Wildman–Crippen MR) is 39.9 cm³/mol. The third-order valence-electron chi connectivity index (χ3n) is 1.33. The molecule has 0 N–H and O–H groups in total. The molecule has 1 fully saturated rings. The Morgan fingerprint density at radius 2 is 2.43 bits per heavy atom. The predicted octanol–water partition coefficient (Wildman–Crippen LogP) is 1.13. The summed E-state index contributed by atoms with van der Waals surface area (Å²) in [5, 5.41) is 0. The van der Waals surface area contributed by atoms with Crippen LogP contribution < -0.4 is 0 Å². The number of hydrogen-bond acceptors (Lipinski definition) is 1. The van der Waals surface area contributed by atoms with E-state index in [1.807, 2.05) is 0 Å². The number of rotatable bonds is 0. The molecule has 0 radical (unpaired) electrons. The second-order valence-corrected chi connectivity index (χ2v) is 3.91. The third kappa shape index (κ3) is 1.57. The molecule has 0 saturated carbocycles. The molecule has 0 aromatic heterocycles. The van der Waals surface area contributed by atoms with Gasteiger partial charge < -0.3 is 4.90 Å². The van der Waals surface area contributed by atoms with Gasteiger partial charge in [0.25, 0.3) is 0 Å². The van der Waals surface area contributed by atoms with Gasteiger partial charge in [0.15, 0.2) is 0 Å². The lowest BCUT2D eigenvalue weighted by atomic mass is 10.4. The Bertz CT molecular complexity index is 57.1. The molecule has 0 aliphatic carbocycles. The van der Waals surface area contributed by atoms with Crippen LogP contribution in [0.4, 0.5) is 0 Å². The monoisotopic (exact) mass is 211 g/mol. The van der Waals surface area contributed by atoms with E-state index in [-0.39, 0.29) is 0 Å². The maximum absolute atomic E-state index is 2.51. The van der Waals surface area contributed by atoms with E-state index in [0.717, 1.165) is 3.92 Å². The van der Waals surface area contributed by atoms with Gasteiger partial charge in [-0.05, 0) is 20.0 Å². The van der Waals surface area contributed by atoms with E-state index in [1.54, 1.807) is 0 Å². The molecule has 1 nitrogen and oxygen atoms in total. The molecule has 0 amide bonds. The smallest absolute Gasteiger partial charge is 0.0249 e. The lowest BCUT2D eigenvalue weighted by molar-refractivity contribution is 0.420. The molecule has 0 aromatic carbocycles. The Hall–Kier alpha value is 0.690. The maximum atomic E-state index is 2.51. The maximum Gasteiger partial charge on any atom is 0.0249 e. The number of halogens is 1. The van der Waals surface area contributed by atoms with E-state index in [4.69, 9.17) is 0 Å². The molecule has 1 rings (SSSR count). The van der Waals surface area contributed by atoms with Gasteiger partial charge in [-0.3, -0.25) is 0 Å². The van der Waals surface area contributed by atoms with Crippen molar-refractivity contribution in [2.45, 2.75) is 10.3 Å². The van der Waals surface area contributed by atoms with Crippen molar-refractivity contribution < 1.29 is 0 Å².